The van der Waals surface area contributed by atoms with Gasteiger partial charge in [-0.2, -0.15) is 0 Å². The molecule has 0 fully saturated rings. The summed E-state index contributed by atoms with van der Waals surface area (Å²) in [7, 11) is 0. The van der Waals surface area contributed by atoms with Crippen molar-refractivity contribution in [3.05, 3.63) is 87.4 Å². The molecule has 7 heteroatoms. The van der Waals surface area contributed by atoms with Crippen molar-refractivity contribution in [1.82, 2.24) is 5.32 Å². The Morgan fingerprint density at radius 3 is 2.48 bits per heavy atom. The second-order valence-electron chi connectivity index (χ2n) is 6.46. The molecule has 0 spiro atoms. The third kappa shape index (κ3) is 5.71. The molecule has 4 nitrogen and oxygen atoms in total. The zero-order chi connectivity index (χ0) is 19.3. The molecule has 0 unspecified atom stereocenters. The number of hydrogen-bond acceptors (Lipinski definition) is 4. The van der Waals surface area contributed by atoms with Gasteiger partial charge in [-0.05, 0) is 47.5 Å². The summed E-state index contributed by atoms with van der Waals surface area (Å²) in [6.45, 7) is 2.15. The number of hydrogen-bond donors (Lipinski definition) is 1. The van der Waals surface area contributed by atoms with Crippen LogP contribution in [-0.4, -0.2) is 6.79 Å². The van der Waals surface area contributed by atoms with E-state index in [-0.39, 0.29) is 12.4 Å². The van der Waals surface area contributed by atoms with Crippen molar-refractivity contribution in [3.63, 3.8) is 0 Å². The number of nitrogens with one attached hydrogen (secondary N) is 1. The molecule has 4 rings (SSSR count). The number of fused-ring (bicyclic) bond motifs is 1. The van der Waals surface area contributed by atoms with Crippen LogP contribution in [0.4, 0.5) is 0 Å². The van der Waals surface area contributed by atoms with Crippen LogP contribution in [0, 0.1) is 0 Å². The topological polar surface area (TPSA) is 39.7 Å². The van der Waals surface area contributed by atoms with Gasteiger partial charge in [-0.1, -0.05) is 47.5 Å². The van der Waals surface area contributed by atoms with Gasteiger partial charge in [0.2, 0.25) is 6.79 Å². The average molecular weight is 452 g/mol. The van der Waals surface area contributed by atoms with Crippen LogP contribution in [0.3, 0.4) is 0 Å². The lowest BCUT2D eigenvalue weighted by molar-refractivity contribution is -0.00000737. The lowest BCUT2D eigenvalue weighted by Crippen LogP contribution is -3.00. The standard InChI is InChI=1S/C22H19Cl2NO3.ClH/c23-18-6-5-17(20(24)10-18)13-26-19-3-1-2-15(8-19)11-25-12-16-4-7-21-22(9-16)28-14-27-21;/h1-10,25H,11-14H2;1H/p-1. The Hall–Kier alpha value is -2.11. The van der Waals surface area contributed by atoms with Gasteiger partial charge in [-0.15, -0.1) is 0 Å². The lowest BCUT2D eigenvalue weighted by Gasteiger charge is -2.10. The van der Waals surface area contributed by atoms with Crippen LogP contribution in [0.5, 0.6) is 17.2 Å². The summed E-state index contributed by atoms with van der Waals surface area (Å²) in [5.74, 6) is 2.40. The number of halogens is 3. The zero-order valence-corrected chi connectivity index (χ0v) is 17.7. The van der Waals surface area contributed by atoms with Gasteiger partial charge in [0, 0.05) is 28.7 Å². The first kappa shape index (κ1) is 21.6. The summed E-state index contributed by atoms with van der Waals surface area (Å²) in [6.07, 6.45) is 0. The number of ether oxygens (including phenoxy) is 3. The molecule has 0 aromatic heterocycles. The van der Waals surface area contributed by atoms with Crippen molar-refractivity contribution >= 4 is 23.2 Å². The monoisotopic (exact) mass is 450 g/mol. The van der Waals surface area contributed by atoms with Crippen LogP contribution in [0.1, 0.15) is 16.7 Å². The summed E-state index contributed by atoms with van der Waals surface area (Å²) in [5.41, 5.74) is 3.19. The molecule has 29 heavy (non-hydrogen) atoms. The van der Waals surface area contributed by atoms with Gasteiger partial charge in [-0.25, -0.2) is 0 Å². The Balaban J connectivity index is 0.00000240. The highest BCUT2D eigenvalue weighted by Gasteiger charge is 2.12. The Morgan fingerprint density at radius 2 is 1.66 bits per heavy atom. The number of benzene rings is 3. The van der Waals surface area contributed by atoms with Crippen LogP contribution in [0.25, 0.3) is 0 Å². The molecular weight excluding hydrogens is 433 g/mol. The van der Waals surface area contributed by atoms with Gasteiger partial charge in [0.25, 0.3) is 0 Å². The molecular formula is C22H19Cl3NO3-. The summed E-state index contributed by atoms with van der Waals surface area (Å²) in [4.78, 5) is 0. The first-order valence-electron chi connectivity index (χ1n) is 8.92. The first-order valence-corrected chi connectivity index (χ1v) is 9.68. The molecule has 0 aliphatic carbocycles. The van der Waals surface area contributed by atoms with Crippen molar-refractivity contribution in [2.24, 2.45) is 0 Å². The molecule has 1 aliphatic heterocycles. The summed E-state index contributed by atoms with van der Waals surface area (Å²) in [6, 6.07) is 19.4. The van der Waals surface area contributed by atoms with Gasteiger partial charge >= 0.3 is 0 Å². The first-order chi connectivity index (χ1) is 13.7. The third-order valence-electron chi connectivity index (χ3n) is 4.40. The lowest BCUT2D eigenvalue weighted by atomic mass is 10.2. The van der Waals surface area contributed by atoms with Crippen molar-refractivity contribution in [1.29, 1.82) is 0 Å². The maximum absolute atomic E-state index is 6.20. The van der Waals surface area contributed by atoms with E-state index in [9.17, 15) is 0 Å². The number of rotatable bonds is 7. The predicted octanol–water partition coefficient (Wildman–Crippen LogP) is 2.59. The van der Waals surface area contributed by atoms with Crippen LogP contribution in [0.15, 0.2) is 60.7 Å². The minimum Gasteiger partial charge on any atom is -1.00 e. The molecule has 3 aromatic rings. The smallest absolute Gasteiger partial charge is 0.231 e. The highest BCUT2D eigenvalue weighted by Crippen LogP contribution is 2.32. The molecule has 0 bridgehead atoms. The van der Waals surface area contributed by atoms with E-state index in [1.54, 1.807) is 6.07 Å². The van der Waals surface area contributed by atoms with Gasteiger partial charge < -0.3 is 31.9 Å². The molecule has 0 atom stereocenters. The maximum atomic E-state index is 6.20. The molecule has 1 N–H and O–H groups in total. The normalized spacial score (nSPS) is 11.8. The van der Waals surface area contributed by atoms with E-state index in [0.717, 1.165) is 47.0 Å². The Kier molecular flexibility index (Phi) is 7.51. The molecule has 3 aromatic carbocycles. The molecule has 0 amide bonds. The summed E-state index contributed by atoms with van der Waals surface area (Å²) in [5, 5.41) is 4.66. The van der Waals surface area contributed by atoms with E-state index >= 15 is 0 Å². The largest absolute Gasteiger partial charge is 1.00 e. The van der Waals surface area contributed by atoms with Crippen LogP contribution in [0.2, 0.25) is 10.0 Å². The summed E-state index contributed by atoms with van der Waals surface area (Å²) < 4.78 is 16.6. The van der Waals surface area contributed by atoms with E-state index in [0.29, 0.717) is 23.4 Å². The highest BCUT2D eigenvalue weighted by atomic mass is 35.5. The minimum atomic E-state index is 0. The van der Waals surface area contributed by atoms with Crippen LogP contribution in [-0.2, 0) is 19.7 Å². The van der Waals surface area contributed by atoms with E-state index in [1.807, 2.05) is 48.5 Å². The van der Waals surface area contributed by atoms with Gasteiger partial charge in [0.15, 0.2) is 11.5 Å². The maximum Gasteiger partial charge on any atom is 0.231 e. The fraction of sp³-hybridized carbons (Fsp3) is 0.182. The molecule has 0 saturated heterocycles. The quantitative estimate of drug-likeness (QED) is 0.599. The van der Waals surface area contributed by atoms with Crippen LogP contribution >= 0.6 is 23.2 Å². The molecule has 152 valence electrons. The van der Waals surface area contributed by atoms with Crippen molar-refractivity contribution in [3.8, 4) is 17.2 Å². The average Bonchev–Trinajstić information content (AvgIpc) is 3.16. The van der Waals surface area contributed by atoms with Crippen molar-refractivity contribution in [2.75, 3.05) is 6.79 Å². The van der Waals surface area contributed by atoms with Gasteiger partial charge in [-0.3, -0.25) is 0 Å². The minimum absolute atomic E-state index is 0. The zero-order valence-electron chi connectivity index (χ0n) is 15.5. The fourth-order valence-corrected chi connectivity index (χ4v) is 3.41. The second kappa shape index (κ2) is 10.1. The van der Waals surface area contributed by atoms with E-state index < -0.39 is 0 Å². The molecule has 0 radical (unpaired) electrons. The molecule has 1 heterocycles. The highest BCUT2D eigenvalue weighted by molar-refractivity contribution is 6.35. The van der Waals surface area contributed by atoms with E-state index in [1.165, 1.54) is 0 Å². The van der Waals surface area contributed by atoms with E-state index in [4.69, 9.17) is 37.4 Å². The SMILES string of the molecule is Clc1ccc(COc2cccc(CNCc3ccc4c(c3)OCO4)c2)c(Cl)c1.[Cl-]. The third-order valence-corrected chi connectivity index (χ3v) is 4.99. The Bertz CT molecular complexity index is 981. The van der Waals surface area contributed by atoms with Crippen molar-refractivity contribution in [2.45, 2.75) is 19.7 Å². The van der Waals surface area contributed by atoms with Gasteiger partial charge in [0.05, 0.1) is 0 Å². The van der Waals surface area contributed by atoms with Crippen LogP contribution < -0.4 is 31.9 Å². The molecule has 1 aliphatic rings. The predicted molar refractivity (Wildman–Crippen MR) is 110 cm³/mol. The Morgan fingerprint density at radius 1 is 0.862 bits per heavy atom. The fourth-order valence-electron chi connectivity index (χ4n) is 2.95. The van der Waals surface area contributed by atoms with Crippen molar-refractivity contribution < 1.29 is 26.6 Å². The summed E-state index contributed by atoms with van der Waals surface area (Å²) >= 11 is 12.1. The second-order valence-corrected chi connectivity index (χ2v) is 7.31. The Labute approximate surface area is 186 Å². The van der Waals surface area contributed by atoms with Gasteiger partial charge in [0.1, 0.15) is 12.4 Å². The molecule has 0 saturated carbocycles. The van der Waals surface area contributed by atoms with E-state index in [2.05, 4.69) is 11.4 Å².